The summed E-state index contributed by atoms with van der Waals surface area (Å²) in [5.74, 6) is 1.64. The SMILES string of the molecule is CC(C)CC(C)C(C)N(C)C. The van der Waals surface area contributed by atoms with E-state index in [0.717, 1.165) is 11.8 Å². The first-order valence-corrected chi connectivity index (χ1v) is 4.61. The molecule has 1 nitrogen and oxygen atoms in total. The van der Waals surface area contributed by atoms with Gasteiger partial charge in [0.1, 0.15) is 0 Å². The van der Waals surface area contributed by atoms with Gasteiger partial charge in [-0.05, 0) is 39.3 Å². The number of nitrogens with zero attached hydrogens (tertiary/aromatic N) is 1. The molecule has 0 aromatic heterocycles. The van der Waals surface area contributed by atoms with Gasteiger partial charge in [-0.25, -0.2) is 0 Å². The van der Waals surface area contributed by atoms with Crippen molar-refractivity contribution in [2.24, 2.45) is 11.8 Å². The summed E-state index contributed by atoms with van der Waals surface area (Å²) >= 11 is 0. The quantitative estimate of drug-likeness (QED) is 0.606. The molecule has 0 spiro atoms. The van der Waals surface area contributed by atoms with Crippen molar-refractivity contribution in [3.05, 3.63) is 0 Å². The Balaban J connectivity index is 3.73. The lowest BCUT2D eigenvalue weighted by Gasteiger charge is -2.27. The Bertz CT molecular complexity index is 97.0. The van der Waals surface area contributed by atoms with Gasteiger partial charge >= 0.3 is 0 Å². The molecule has 0 aliphatic rings. The third-order valence-electron chi connectivity index (χ3n) is 2.48. The van der Waals surface area contributed by atoms with E-state index in [0.29, 0.717) is 6.04 Å². The van der Waals surface area contributed by atoms with Gasteiger partial charge in [0.25, 0.3) is 0 Å². The fourth-order valence-corrected chi connectivity index (χ4v) is 1.45. The summed E-state index contributed by atoms with van der Waals surface area (Å²) in [6, 6.07) is 0.706. The fraction of sp³-hybridized carbons (Fsp3) is 1.00. The smallest absolute Gasteiger partial charge is 0.00865 e. The van der Waals surface area contributed by atoms with Crippen LogP contribution in [-0.4, -0.2) is 25.0 Å². The highest BCUT2D eigenvalue weighted by molar-refractivity contribution is 4.68. The molecule has 0 saturated carbocycles. The highest BCUT2D eigenvalue weighted by atomic mass is 15.1. The first kappa shape index (κ1) is 11.0. The third-order valence-corrected chi connectivity index (χ3v) is 2.48. The summed E-state index contributed by atoms with van der Waals surface area (Å²) in [5, 5.41) is 0. The molecule has 0 amide bonds. The van der Waals surface area contributed by atoms with Crippen molar-refractivity contribution < 1.29 is 0 Å². The molecular formula is C10H23N. The van der Waals surface area contributed by atoms with Crippen molar-refractivity contribution in [3.8, 4) is 0 Å². The van der Waals surface area contributed by atoms with Gasteiger partial charge in [-0.15, -0.1) is 0 Å². The maximum Gasteiger partial charge on any atom is 0.00865 e. The Morgan fingerprint density at radius 2 is 1.45 bits per heavy atom. The second-order valence-corrected chi connectivity index (χ2v) is 4.31. The Kier molecular flexibility index (Phi) is 4.74. The summed E-state index contributed by atoms with van der Waals surface area (Å²) in [4.78, 5) is 2.30. The average Bonchev–Trinajstić information content (AvgIpc) is 1.84. The first-order valence-electron chi connectivity index (χ1n) is 4.61. The second-order valence-electron chi connectivity index (χ2n) is 4.31. The molecule has 11 heavy (non-hydrogen) atoms. The molecule has 0 bridgehead atoms. The molecular weight excluding hydrogens is 134 g/mol. The van der Waals surface area contributed by atoms with Gasteiger partial charge in [-0.2, -0.15) is 0 Å². The summed E-state index contributed by atoms with van der Waals surface area (Å²) in [6.07, 6.45) is 1.33. The predicted octanol–water partition coefficient (Wildman–Crippen LogP) is 2.62. The van der Waals surface area contributed by atoms with Crippen molar-refractivity contribution in [1.82, 2.24) is 4.90 Å². The second kappa shape index (κ2) is 4.76. The number of hydrogen-bond donors (Lipinski definition) is 0. The average molecular weight is 157 g/mol. The summed E-state index contributed by atoms with van der Waals surface area (Å²) in [5.41, 5.74) is 0. The van der Waals surface area contributed by atoms with E-state index >= 15 is 0 Å². The molecule has 2 atom stereocenters. The normalized spacial score (nSPS) is 17.5. The highest BCUT2D eigenvalue weighted by Crippen LogP contribution is 2.16. The maximum atomic E-state index is 2.34. The van der Waals surface area contributed by atoms with Gasteiger partial charge in [0.15, 0.2) is 0 Å². The van der Waals surface area contributed by atoms with Crippen LogP contribution in [-0.2, 0) is 0 Å². The molecule has 1 heteroatoms. The Morgan fingerprint density at radius 3 is 1.73 bits per heavy atom. The molecule has 0 aliphatic carbocycles. The van der Waals surface area contributed by atoms with Crippen molar-refractivity contribution in [3.63, 3.8) is 0 Å². The molecule has 68 valence electrons. The molecule has 0 rings (SSSR count). The van der Waals surface area contributed by atoms with Crippen molar-refractivity contribution in [2.75, 3.05) is 14.1 Å². The minimum Gasteiger partial charge on any atom is -0.306 e. The zero-order valence-corrected chi connectivity index (χ0v) is 8.89. The molecule has 0 saturated heterocycles. The zero-order chi connectivity index (χ0) is 9.02. The van der Waals surface area contributed by atoms with Gasteiger partial charge in [-0.3, -0.25) is 0 Å². The van der Waals surface area contributed by atoms with Crippen LogP contribution in [0.4, 0.5) is 0 Å². The van der Waals surface area contributed by atoms with Gasteiger partial charge < -0.3 is 4.90 Å². The Hall–Kier alpha value is -0.0400. The molecule has 0 heterocycles. The van der Waals surface area contributed by atoms with Gasteiger partial charge in [0, 0.05) is 6.04 Å². The minimum absolute atomic E-state index is 0.706. The van der Waals surface area contributed by atoms with Crippen molar-refractivity contribution >= 4 is 0 Å². The van der Waals surface area contributed by atoms with E-state index in [1.807, 2.05) is 0 Å². The summed E-state index contributed by atoms with van der Waals surface area (Å²) in [7, 11) is 4.31. The minimum atomic E-state index is 0.706. The standard InChI is InChI=1S/C10H23N/c1-8(2)7-9(3)10(4)11(5)6/h8-10H,7H2,1-6H3. The van der Waals surface area contributed by atoms with Crippen LogP contribution in [0.5, 0.6) is 0 Å². The van der Waals surface area contributed by atoms with Gasteiger partial charge in [0.05, 0.1) is 0 Å². The van der Waals surface area contributed by atoms with Crippen LogP contribution >= 0.6 is 0 Å². The molecule has 0 aromatic carbocycles. The van der Waals surface area contributed by atoms with Crippen LogP contribution in [0.3, 0.4) is 0 Å². The van der Waals surface area contributed by atoms with E-state index < -0.39 is 0 Å². The molecule has 0 fully saturated rings. The fourth-order valence-electron chi connectivity index (χ4n) is 1.45. The first-order chi connectivity index (χ1) is 4.95. The lowest BCUT2D eigenvalue weighted by atomic mass is 9.92. The maximum absolute atomic E-state index is 2.34. The topological polar surface area (TPSA) is 3.24 Å². The van der Waals surface area contributed by atoms with Crippen molar-refractivity contribution in [2.45, 2.75) is 40.2 Å². The molecule has 0 N–H and O–H groups in total. The van der Waals surface area contributed by atoms with Crippen LogP contribution in [0.2, 0.25) is 0 Å². The predicted molar refractivity (Wildman–Crippen MR) is 51.8 cm³/mol. The van der Waals surface area contributed by atoms with E-state index in [4.69, 9.17) is 0 Å². The monoisotopic (exact) mass is 157 g/mol. The van der Waals surface area contributed by atoms with E-state index in [-0.39, 0.29) is 0 Å². The van der Waals surface area contributed by atoms with Crippen LogP contribution in [0.25, 0.3) is 0 Å². The lowest BCUT2D eigenvalue weighted by Crippen LogP contribution is -2.31. The number of hydrogen-bond acceptors (Lipinski definition) is 1. The Morgan fingerprint density at radius 1 is 1.00 bits per heavy atom. The number of rotatable bonds is 4. The summed E-state index contributed by atoms with van der Waals surface area (Å²) < 4.78 is 0. The summed E-state index contributed by atoms with van der Waals surface area (Å²) in [6.45, 7) is 9.22. The van der Waals surface area contributed by atoms with E-state index in [9.17, 15) is 0 Å². The van der Waals surface area contributed by atoms with E-state index in [1.54, 1.807) is 0 Å². The Labute approximate surface area is 71.8 Å². The molecule has 0 radical (unpaired) electrons. The largest absolute Gasteiger partial charge is 0.306 e. The van der Waals surface area contributed by atoms with Crippen LogP contribution in [0, 0.1) is 11.8 Å². The molecule has 2 unspecified atom stereocenters. The molecule has 0 aromatic rings. The van der Waals surface area contributed by atoms with Gasteiger partial charge in [-0.1, -0.05) is 20.8 Å². The zero-order valence-electron chi connectivity index (χ0n) is 8.89. The van der Waals surface area contributed by atoms with Crippen LogP contribution in [0.15, 0.2) is 0 Å². The lowest BCUT2D eigenvalue weighted by molar-refractivity contribution is 0.216. The van der Waals surface area contributed by atoms with E-state index in [1.165, 1.54) is 6.42 Å². The third kappa shape index (κ3) is 4.41. The van der Waals surface area contributed by atoms with E-state index in [2.05, 4.69) is 46.7 Å². The van der Waals surface area contributed by atoms with Crippen LogP contribution in [0.1, 0.15) is 34.1 Å². The molecule has 0 aliphatic heterocycles. The van der Waals surface area contributed by atoms with Crippen LogP contribution < -0.4 is 0 Å². The van der Waals surface area contributed by atoms with Gasteiger partial charge in [0.2, 0.25) is 0 Å². The van der Waals surface area contributed by atoms with Crippen molar-refractivity contribution in [1.29, 1.82) is 0 Å². The highest BCUT2D eigenvalue weighted by Gasteiger charge is 2.14.